The van der Waals surface area contributed by atoms with Gasteiger partial charge in [0.05, 0.1) is 0 Å². The first-order valence-electron chi connectivity index (χ1n) is 11.8. The fourth-order valence-corrected chi connectivity index (χ4v) is 5.06. The van der Waals surface area contributed by atoms with Gasteiger partial charge in [0.2, 0.25) is 0 Å². The molecule has 1 aliphatic heterocycles. The van der Waals surface area contributed by atoms with Crippen molar-refractivity contribution in [2.75, 3.05) is 19.6 Å². The molecule has 1 amide bonds. The predicted octanol–water partition coefficient (Wildman–Crippen LogP) is 6.02. The van der Waals surface area contributed by atoms with Crippen molar-refractivity contribution in [3.05, 3.63) is 94.6 Å². The molecule has 3 nitrogen and oxygen atoms in total. The number of carbonyl (C=O) groups is 1. The molecular formula is C28H27F5N2O. The Kier molecular flexibility index (Phi) is 7.73. The average Bonchev–Trinajstić information content (AvgIpc) is 2.83. The summed E-state index contributed by atoms with van der Waals surface area (Å²) in [4.78, 5) is 11.1. The molecule has 0 aliphatic carbocycles. The van der Waals surface area contributed by atoms with E-state index in [2.05, 4.69) is 5.32 Å². The zero-order valence-corrected chi connectivity index (χ0v) is 19.8. The molecule has 36 heavy (non-hydrogen) atoms. The number of aryl methyl sites for hydroxylation is 1. The summed E-state index contributed by atoms with van der Waals surface area (Å²) in [6, 6.07) is 17.1. The number of rotatable bonds is 6. The molecule has 8 heteroatoms. The molecule has 1 heterocycles. The molecule has 2 atom stereocenters. The highest BCUT2D eigenvalue weighted by molar-refractivity contribution is 5.81. The van der Waals surface area contributed by atoms with Gasteiger partial charge >= 0.3 is 12.1 Å². The lowest BCUT2D eigenvalue weighted by Crippen LogP contribution is -2.37. The lowest BCUT2D eigenvalue weighted by atomic mass is 9.75. The second kappa shape index (κ2) is 10.8. The first-order valence-corrected chi connectivity index (χ1v) is 11.8. The van der Waals surface area contributed by atoms with E-state index >= 15 is 0 Å². The standard InChI is InChI=1S/C28H27F5N2O/c1-17-12-19(24-5-3-2-4-18(24)8-11-35-27(36)28(31,32)33)6-7-23(17)26-16-34-10-9-25(26)20-13-21(29)15-22(30)14-20/h2-7,12-15,25-26,34H,8-11,16H2,1H3,(H,35,36)/t25-,26-/m1/s1. The Labute approximate surface area is 206 Å². The fourth-order valence-electron chi connectivity index (χ4n) is 5.06. The van der Waals surface area contributed by atoms with Gasteiger partial charge in [0.1, 0.15) is 11.6 Å². The number of alkyl halides is 3. The maximum absolute atomic E-state index is 13.9. The molecule has 0 radical (unpaired) electrons. The molecule has 3 aromatic rings. The highest BCUT2D eigenvalue weighted by Crippen LogP contribution is 2.40. The van der Waals surface area contributed by atoms with Crippen LogP contribution in [0.4, 0.5) is 22.0 Å². The van der Waals surface area contributed by atoms with Crippen LogP contribution in [0.1, 0.15) is 40.5 Å². The van der Waals surface area contributed by atoms with Crippen molar-refractivity contribution in [2.24, 2.45) is 0 Å². The quantitative estimate of drug-likeness (QED) is 0.405. The lowest BCUT2D eigenvalue weighted by Gasteiger charge is -2.34. The van der Waals surface area contributed by atoms with Crippen LogP contribution in [-0.2, 0) is 11.2 Å². The van der Waals surface area contributed by atoms with E-state index in [0.29, 0.717) is 12.1 Å². The minimum atomic E-state index is -4.91. The van der Waals surface area contributed by atoms with Crippen LogP contribution in [0, 0.1) is 18.6 Å². The fraction of sp³-hybridized carbons (Fsp3) is 0.321. The van der Waals surface area contributed by atoms with Crippen LogP contribution in [0.2, 0.25) is 0 Å². The smallest absolute Gasteiger partial charge is 0.348 e. The minimum Gasteiger partial charge on any atom is -0.348 e. The van der Waals surface area contributed by atoms with E-state index in [4.69, 9.17) is 0 Å². The van der Waals surface area contributed by atoms with Gasteiger partial charge in [-0.25, -0.2) is 8.78 Å². The summed E-state index contributed by atoms with van der Waals surface area (Å²) in [5.74, 6) is -3.13. The van der Waals surface area contributed by atoms with Crippen molar-refractivity contribution in [2.45, 2.75) is 37.8 Å². The second-order valence-corrected chi connectivity index (χ2v) is 9.14. The van der Waals surface area contributed by atoms with Gasteiger partial charge in [0.25, 0.3) is 0 Å². The van der Waals surface area contributed by atoms with E-state index in [0.717, 1.165) is 46.8 Å². The molecule has 3 aromatic carbocycles. The van der Waals surface area contributed by atoms with Crippen molar-refractivity contribution in [3.8, 4) is 11.1 Å². The van der Waals surface area contributed by atoms with Crippen molar-refractivity contribution in [1.82, 2.24) is 10.6 Å². The number of benzene rings is 3. The van der Waals surface area contributed by atoms with Gasteiger partial charge in [0, 0.05) is 25.1 Å². The van der Waals surface area contributed by atoms with Crippen LogP contribution in [-0.4, -0.2) is 31.7 Å². The van der Waals surface area contributed by atoms with Crippen molar-refractivity contribution >= 4 is 5.91 Å². The van der Waals surface area contributed by atoms with Crippen LogP contribution < -0.4 is 10.6 Å². The predicted molar refractivity (Wildman–Crippen MR) is 129 cm³/mol. The molecule has 0 spiro atoms. The maximum Gasteiger partial charge on any atom is 0.471 e. The summed E-state index contributed by atoms with van der Waals surface area (Å²) in [7, 11) is 0. The Morgan fingerprint density at radius 2 is 1.72 bits per heavy atom. The summed E-state index contributed by atoms with van der Waals surface area (Å²) < 4.78 is 65.3. The van der Waals surface area contributed by atoms with E-state index in [-0.39, 0.29) is 24.8 Å². The number of carbonyl (C=O) groups excluding carboxylic acids is 1. The molecule has 1 aliphatic rings. The van der Waals surface area contributed by atoms with Gasteiger partial charge < -0.3 is 10.6 Å². The number of piperidine rings is 1. The van der Waals surface area contributed by atoms with Gasteiger partial charge in [-0.05, 0) is 77.7 Å². The zero-order chi connectivity index (χ0) is 25.9. The first-order chi connectivity index (χ1) is 17.1. The monoisotopic (exact) mass is 502 g/mol. The third-order valence-corrected chi connectivity index (χ3v) is 6.73. The molecule has 0 aromatic heterocycles. The third kappa shape index (κ3) is 5.93. The molecule has 1 saturated heterocycles. The summed E-state index contributed by atoms with van der Waals surface area (Å²) in [6.07, 6.45) is -3.91. The van der Waals surface area contributed by atoms with Crippen LogP contribution >= 0.6 is 0 Å². The maximum atomic E-state index is 13.9. The molecule has 0 unspecified atom stereocenters. The Hall–Kier alpha value is -3.26. The summed E-state index contributed by atoms with van der Waals surface area (Å²) in [5, 5.41) is 5.30. The van der Waals surface area contributed by atoms with Crippen LogP contribution in [0.25, 0.3) is 11.1 Å². The Balaban J connectivity index is 1.57. The molecule has 0 saturated carbocycles. The Morgan fingerprint density at radius 1 is 1.00 bits per heavy atom. The van der Waals surface area contributed by atoms with Gasteiger partial charge in [-0.2, -0.15) is 13.2 Å². The summed E-state index contributed by atoms with van der Waals surface area (Å²) in [5.41, 5.74) is 5.34. The van der Waals surface area contributed by atoms with Gasteiger partial charge in [-0.15, -0.1) is 0 Å². The van der Waals surface area contributed by atoms with Crippen LogP contribution in [0.15, 0.2) is 60.7 Å². The van der Waals surface area contributed by atoms with Crippen LogP contribution in [0.3, 0.4) is 0 Å². The molecular weight excluding hydrogens is 475 g/mol. The largest absolute Gasteiger partial charge is 0.471 e. The average molecular weight is 503 g/mol. The van der Waals surface area contributed by atoms with Gasteiger partial charge in [0.15, 0.2) is 0 Å². The highest BCUT2D eigenvalue weighted by atomic mass is 19.4. The number of hydrogen-bond acceptors (Lipinski definition) is 2. The SMILES string of the molecule is Cc1cc(-c2ccccc2CCNC(=O)C(F)(F)F)ccc1[C@H]1CNCC[C@@H]1c1cc(F)cc(F)c1. The zero-order valence-electron chi connectivity index (χ0n) is 19.8. The Bertz CT molecular complexity index is 1220. The molecule has 190 valence electrons. The normalized spacial score (nSPS) is 18.2. The first kappa shape index (κ1) is 25.8. The van der Waals surface area contributed by atoms with E-state index in [1.165, 1.54) is 12.1 Å². The summed E-state index contributed by atoms with van der Waals surface area (Å²) >= 11 is 0. The number of halogens is 5. The van der Waals surface area contributed by atoms with Crippen molar-refractivity contribution in [3.63, 3.8) is 0 Å². The van der Waals surface area contributed by atoms with Gasteiger partial charge in [-0.3, -0.25) is 4.79 Å². The molecule has 4 rings (SSSR count). The molecule has 0 bridgehead atoms. The lowest BCUT2D eigenvalue weighted by molar-refractivity contribution is -0.173. The van der Waals surface area contributed by atoms with Crippen LogP contribution in [0.5, 0.6) is 0 Å². The number of amides is 1. The van der Waals surface area contributed by atoms with E-state index in [9.17, 15) is 26.7 Å². The van der Waals surface area contributed by atoms with E-state index in [1.807, 2.05) is 54.7 Å². The van der Waals surface area contributed by atoms with E-state index in [1.54, 1.807) is 0 Å². The highest BCUT2D eigenvalue weighted by Gasteiger charge is 2.38. The third-order valence-electron chi connectivity index (χ3n) is 6.73. The molecule has 1 fully saturated rings. The number of nitrogens with one attached hydrogen (secondary N) is 2. The summed E-state index contributed by atoms with van der Waals surface area (Å²) in [6.45, 7) is 3.29. The Morgan fingerprint density at radius 3 is 2.42 bits per heavy atom. The van der Waals surface area contributed by atoms with E-state index < -0.39 is 23.7 Å². The van der Waals surface area contributed by atoms with Gasteiger partial charge in [-0.1, -0.05) is 42.5 Å². The second-order valence-electron chi connectivity index (χ2n) is 9.14. The van der Waals surface area contributed by atoms with Crippen molar-refractivity contribution in [1.29, 1.82) is 0 Å². The molecule has 2 N–H and O–H groups in total. The minimum absolute atomic E-state index is 0.0295. The topological polar surface area (TPSA) is 41.1 Å². The van der Waals surface area contributed by atoms with Crippen molar-refractivity contribution < 1.29 is 26.7 Å². The number of hydrogen-bond donors (Lipinski definition) is 2.